The summed E-state index contributed by atoms with van der Waals surface area (Å²) in [5.74, 6) is 5.73. The average molecular weight is 276 g/mol. The summed E-state index contributed by atoms with van der Waals surface area (Å²) in [5, 5.41) is 0. The Balaban J connectivity index is 1.86. The topological polar surface area (TPSA) is 47.3 Å². The van der Waals surface area contributed by atoms with Gasteiger partial charge < -0.3 is 4.74 Å². The molecule has 0 aromatic heterocycles. The van der Waals surface area contributed by atoms with Gasteiger partial charge in [-0.25, -0.2) is 0 Å². The molecule has 112 valence electrons. The van der Waals surface area contributed by atoms with Gasteiger partial charge in [-0.1, -0.05) is 37.6 Å². The Kier molecular flexibility index (Phi) is 6.51. The van der Waals surface area contributed by atoms with Crippen LogP contribution in [-0.4, -0.2) is 12.7 Å². The molecule has 1 aromatic rings. The van der Waals surface area contributed by atoms with E-state index in [1.54, 1.807) is 0 Å². The Morgan fingerprint density at radius 3 is 2.70 bits per heavy atom. The van der Waals surface area contributed by atoms with E-state index in [0.29, 0.717) is 6.10 Å². The summed E-state index contributed by atoms with van der Waals surface area (Å²) in [6.07, 6.45) is 8.62. The molecule has 1 heterocycles. The molecule has 1 aliphatic rings. The molecule has 1 aliphatic heterocycles. The van der Waals surface area contributed by atoms with Crippen molar-refractivity contribution in [2.24, 2.45) is 5.84 Å². The first-order valence-electron chi connectivity index (χ1n) is 8.00. The molecule has 2 rings (SSSR count). The number of nitrogens with one attached hydrogen (secondary N) is 1. The zero-order valence-electron chi connectivity index (χ0n) is 12.6. The number of ether oxygens (including phenoxy) is 1. The summed E-state index contributed by atoms with van der Waals surface area (Å²) in [5.41, 5.74) is 5.64. The Bertz CT molecular complexity index is 371. The van der Waals surface area contributed by atoms with Crippen LogP contribution in [0.2, 0.25) is 0 Å². The zero-order chi connectivity index (χ0) is 14.2. The van der Waals surface area contributed by atoms with Crippen molar-refractivity contribution in [3.63, 3.8) is 0 Å². The van der Waals surface area contributed by atoms with Crippen LogP contribution in [0.5, 0.6) is 0 Å². The number of hydrogen-bond donors (Lipinski definition) is 2. The van der Waals surface area contributed by atoms with E-state index >= 15 is 0 Å². The monoisotopic (exact) mass is 276 g/mol. The Morgan fingerprint density at radius 2 is 2.10 bits per heavy atom. The van der Waals surface area contributed by atoms with E-state index in [1.807, 2.05) is 0 Å². The number of aryl methyl sites for hydroxylation is 1. The van der Waals surface area contributed by atoms with Crippen molar-refractivity contribution < 1.29 is 4.74 Å². The molecule has 0 bridgehead atoms. The molecule has 2 unspecified atom stereocenters. The largest absolute Gasteiger partial charge is 0.378 e. The molecule has 1 saturated heterocycles. The minimum atomic E-state index is 0.233. The van der Waals surface area contributed by atoms with E-state index in [9.17, 15) is 0 Å². The van der Waals surface area contributed by atoms with Crippen molar-refractivity contribution in [3.05, 3.63) is 35.4 Å². The van der Waals surface area contributed by atoms with Crippen LogP contribution in [0, 0.1) is 0 Å². The first-order chi connectivity index (χ1) is 9.83. The van der Waals surface area contributed by atoms with Crippen LogP contribution in [0.25, 0.3) is 0 Å². The number of rotatable bonds is 7. The molecular weight excluding hydrogens is 248 g/mol. The van der Waals surface area contributed by atoms with Crippen molar-refractivity contribution in [2.45, 2.75) is 64.0 Å². The summed E-state index contributed by atoms with van der Waals surface area (Å²) in [6.45, 7) is 3.14. The maximum absolute atomic E-state index is 5.79. The summed E-state index contributed by atoms with van der Waals surface area (Å²) in [7, 11) is 0. The highest BCUT2D eigenvalue weighted by Gasteiger charge is 2.17. The second-order valence-electron chi connectivity index (χ2n) is 5.78. The van der Waals surface area contributed by atoms with Crippen LogP contribution in [0.15, 0.2) is 24.3 Å². The van der Waals surface area contributed by atoms with Crippen molar-refractivity contribution in [3.8, 4) is 0 Å². The first kappa shape index (κ1) is 15.5. The minimum absolute atomic E-state index is 0.233. The van der Waals surface area contributed by atoms with E-state index in [0.717, 1.165) is 25.9 Å². The van der Waals surface area contributed by atoms with Crippen molar-refractivity contribution in [1.29, 1.82) is 0 Å². The lowest BCUT2D eigenvalue weighted by Gasteiger charge is -2.25. The molecular formula is C17H28N2O. The third-order valence-corrected chi connectivity index (χ3v) is 4.17. The maximum Gasteiger partial charge on any atom is 0.0575 e. The highest BCUT2D eigenvalue weighted by molar-refractivity contribution is 5.25. The molecule has 3 nitrogen and oxygen atoms in total. The van der Waals surface area contributed by atoms with E-state index in [4.69, 9.17) is 10.6 Å². The number of nitrogens with two attached hydrogens (primary N) is 1. The number of hydrogen-bond acceptors (Lipinski definition) is 3. The van der Waals surface area contributed by atoms with E-state index in [1.165, 1.54) is 36.8 Å². The maximum atomic E-state index is 5.79. The lowest BCUT2D eigenvalue weighted by atomic mass is 9.96. The molecule has 3 N–H and O–H groups in total. The van der Waals surface area contributed by atoms with Gasteiger partial charge in [-0.3, -0.25) is 11.3 Å². The molecule has 20 heavy (non-hydrogen) atoms. The highest BCUT2D eigenvalue weighted by Crippen LogP contribution is 2.23. The molecule has 0 saturated carbocycles. The van der Waals surface area contributed by atoms with Crippen molar-refractivity contribution >= 4 is 0 Å². The second kappa shape index (κ2) is 8.40. The predicted octanol–water partition coefficient (Wildman–Crippen LogP) is 3.49. The van der Waals surface area contributed by atoms with Gasteiger partial charge in [0.15, 0.2) is 0 Å². The molecule has 0 radical (unpaired) electrons. The quantitative estimate of drug-likeness (QED) is 0.592. The lowest BCUT2D eigenvalue weighted by Crippen LogP contribution is -2.29. The SMILES string of the molecule is CCCc1ccc(C(CCC2CCCCO2)NN)cc1. The standard InChI is InChI=1S/C17H28N2O/c1-2-5-14-7-9-15(10-8-14)17(19-18)12-11-16-6-3-4-13-20-16/h7-10,16-17,19H,2-6,11-13,18H2,1H3. The van der Waals surface area contributed by atoms with Gasteiger partial charge in [-0.05, 0) is 49.7 Å². The fourth-order valence-electron chi connectivity index (χ4n) is 2.94. The van der Waals surface area contributed by atoms with Crippen LogP contribution in [0.4, 0.5) is 0 Å². The summed E-state index contributed by atoms with van der Waals surface area (Å²) in [6, 6.07) is 9.09. The molecule has 0 aliphatic carbocycles. The van der Waals surface area contributed by atoms with Crippen LogP contribution < -0.4 is 11.3 Å². The van der Waals surface area contributed by atoms with E-state index < -0.39 is 0 Å². The zero-order valence-corrected chi connectivity index (χ0v) is 12.6. The molecule has 1 aromatic carbocycles. The smallest absolute Gasteiger partial charge is 0.0575 e. The Hall–Kier alpha value is -0.900. The van der Waals surface area contributed by atoms with Gasteiger partial charge in [0.25, 0.3) is 0 Å². The van der Waals surface area contributed by atoms with Crippen LogP contribution in [-0.2, 0) is 11.2 Å². The predicted molar refractivity (Wildman–Crippen MR) is 83.3 cm³/mol. The highest BCUT2D eigenvalue weighted by atomic mass is 16.5. The molecule has 1 fully saturated rings. The van der Waals surface area contributed by atoms with Crippen molar-refractivity contribution in [2.75, 3.05) is 6.61 Å². The summed E-state index contributed by atoms with van der Waals surface area (Å²) < 4.78 is 5.79. The normalized spacial score (nSPS) is 20.8. The Labute approximate surface area is 122 Å². The summed E-state index contributed by atoms with van der Waals surface area (Å²) in [4.78, 5) is 0. The van der Waals surface area contributed by atoms with Gasteiger partial charge in [-0.2, -0.15) is 0 Å². The number of hydrazine groups is 1. The second-order valence-corrected chi connectivity index (χ2v) is 5.78. The van der Waals surface area contributed by atoms with Crippen LogP contribution >= 0.6 is 0 Å². The van der Waals surface area contributed by atoms with Gasteiger partial charge >= 0.3 is 0 Å². The van der Waals surface area contributed by atoms with Crippen molar-refractivity contribution in [1.82, 2.24) is 5.43 Å². The lowest BCUT2D eigenvalue weighted by molar-refractivity contribution is 0.00854. The van der Waals surface area contributed by atoms with Crippen LogP contribution in [0.1, 0.15) is 62.6 Å². The third-order valence-electron chi connectivity index (χ3n) is 4.17. The molecule has 2 atom stereocenters. The van der Waals surface area contributed by atoms with Gasteiger partial charge in [0.2, 0.25) is 0 Å². The Morgan fingerprint density at radius 1 is 1.30 bits per heavy atom. The van der Waals surface area contributed by atoms with E-state index in [-0.39, 0.29) is 6.04 Å². The van der Waals surface area contributed by atoms with E-state index in [2.05, 4.69) is 36.6 Å². The summed E-state index contributed by atoms with van der Waals surface area (Å²) >= 11 is 0. The average Bonchev–Trinajstić information content (AvgIpc) is 2.51. The van der Waals surface area contributed by atoms with Gasteiger partial charge in [0.05, 0.1) is 6.10 Å². The minimum Gasteiger partial charge on any atom is -0.378 e. The van der Waals surface area contributed by atoms with Crippen LogP contribution in [0.3, 0.4) is 0 Å². The van der Waals surface area contributed by atoms with Gasteiger partial charge in [0.1, 0.15) is 0 Å². The fourth-order valence-corrected chi connectivity index (χ4v) is 2.94. The molecule has 0 spiro atoms. The molecule has 0 amide bonds. The fraction of sp³-hybridized carbons (Fsp3) is 0.647. The van der Waals surface area contributed by atoms with Gasteiger partial charge in [0, 0.05) is 12.6 Å². The van der Waals surface area contributed by atoms with Gasteiger partial charge in [-0.15, -0.1) is 0 Å². The number of benzene rings is 1. The first-order valence-corrected chi connectivity index (χ1v) is 8.00. The third kappa shape index (κ3) is 4.58. The molecule has 3 heteroatoms.